The van der Waals surface area contributed by atoms with E-state index in [2.05, 4.69) is 55.6 Å². The van der Waals surface area contributed by atoms with Gasteiger partial charge in [0.2, 0.25) is 5.91 Å². The Morgan fingerprint density at radius 3 is 1.04 bits per heavy atom. The number of likely N-dealkylation sites (N-methyl/N-ethyl adjacent to an activating group) is 1. The van der Waals surface area contributed by atoms with Gasteiger partial charge in [0, 0.05) is 6.42 Å². The molecule has 3 atom stereocenters. The van der Waals surface area contributed by atoms with E-state index in [4.69, 9.17) is 9.05 Å². The monoisotopic (exact) mass is 1100 g/mol. The molecule has 0 radical (unpaired) electrons. The summed E-state index contributed by atoms with van der Waals surface area (Å²) >= 11 is 0. The summed E-state index contributed by atoms with van der Waals surface area (Å²) in [6.07, 6.45) is 79.7. The van der Waals surface area contributed by atoms with Crippen LogP contribution in [0.1, 0.15) is 328 Å². The molecule has 0 aromatic rings. The van der Waals surface area contributed by atoms with Crippen LogP contribution in [-0.4, -0.2) is 73.4 Å². The lowest BCUT2D eigenvalue weighted by atomic mass is 10.0. The molecule has 0 aliphatic heterocycles. The summed E-state index contributed by atoms with van der Waals surface area (Å²) < 4.78 is 23.8. The lowest BCUT2D eigenvalue weighted by molar-refractivity contribution is -0.870. The molecule has 0 aliphatic rings. The van der Waals surface area contributed by atoms with Gasteiger partial charge in [0.05, 0.1) is 39.9 Å². The van der Waals surface area contributed by atoms with Crippen molar-refractivity contribution in [3.05, 3.63) is 48.6 Å². The van der Waals surface area contributed by atoms with Gasteiger partial charge in [0.1, 0.15) is 13.2 Å². The van der Waals surface area contributed by atoms with Crippen molar-refractivity contribution >= 4 is 13.7 Å². The number of quaternary nitrogens is 1. The number of carbonyl (C=O) groups is 1. The Labute approximate surface area is 479 Å². The van der Waals surface area contributed by atoms with E-state index >= 15 is 0 Å². The maximum Gasteiger partial charge on any atom is 0.472 e. The number of hydrogen-bond donors (Lipinski definition) is 3. The van der Waals surface area contributed by atoms with Crippen LogP contribution in [0.5, 0.6) is 0 Å². The summed E-state index contributed by atoms with van der Waals surface area (Å²) in [7, 11) is 1.56. The van der Waals surface area contributed by atoms with E-state index in [1.807, 2.05) is 27.2 Å². The minimum atomic E-state index is -4.36. The first-order valence-electron chi connectivity index (χ1n) is 33.5. The van der Waals surface area contributed by atoms with E-state index in [1.165, 1.54) is 263 Å². The van der Waals surface area contributed by atoms with Crippen molar-refractivity contribution in [2.75, 3.05) is 40.9 Å². The fourth-order valence-electron chi connectivity index (χ4n) is 10.0. The Kier molecular flexibility index (Phi) is 57.9. The Morgan fingerprint density at radius 2 is 0.714 bits per heavy atom. The Morgan fingerprint density at radius 1 is 0.429 bits per heavy atom. The van der Waals surface area contributed by atoms with Crippen molar-refractivity contribution in [2.45, 2.75) is 341 Å². The molecule has 9 heteroatoms. The highest BCUT2D eigenvalue weighted by molar-refractivity contribution is 7.47. The number of amides is 1. The van der Waals surface area contributed by atoms with Crippen molar-refractivity contribution in [1.82, 2.24) is 5.32 Å². The van der Waals surface area contributed by atoms with Crippen LogP contribution in [0.25, 0.3) is 0 Å². The second kappa shape index (κ2) is 59.1. The number of allylic oxidation sites excluding steroid dienone is 7. The van der Waals surface area contributed by atoms with E-state index in [0.29, 0.717) is 17.4 Å². The molecule has 0 aromatic carbocycles. The molecule has 77 heavy (non-hydrogen) atoms. The lowest BCUT2D eigenvalue weighted by Gasteiger charge is -2.25. The number of phosphoric acid groups is 1. The third-order valence-corrected chi connectivity index (χ3v) is 16.2. The standard InChI is InChI=1S/C68H131N2O6P/c1-6-8-10-12-14-16-18-20-22-24-26-28-30-31-32-33-34-35-36-37-38-40-42-44-46-48-50-52-54-56-58-60-62-68(72)69-66(65-76-77(73,74)75-64-63-70(3,4)5)67(71)61-59-57-55-53-51-49-47-45-43-41-39-29-27-25-23-21-19-17-15-13-11-9-7-2/h31-32,43,45,51,53,59,61,66-67,71H,6-30,33-42,44,46-50,52,54-58,60,62-65H2,1-5H3,(H-,69,72,73,74)/p+1/b32-31-,45-43+,53-51+,61-59+. The molecule has 0 fully saturated rings. The highest BCUT2D eigenvalue weighted by Gasteiger charge is 2.28. The number of hydrogen-bond acceptors (Lipinski definition) is 5. The minimum Gasteiger partial charge on any atom is -0.387 e. The number of nitrogens with zero attached hydrogens (tertiary/aromatic N) is 1. The summed E-state index contributed by atoms with van der Waals surface area (Å²) in [5.74, 6) is -0.186. The minimum absolute atomic E-state index is 0.0540. The molecule has 3 N–H and O–H groups in total. The van der Waals surface area contributed by atoms with Gasteiger partial charge >= 0.3 is 7.82 Å². The Hall–Kier alpha value is -1.54. The van der Waals surface area contributed by atoms with Gasteiger partial charge < -0.3 is 19.8 Å². The van der Waals surface area contributed by atoms with Crippen LogP contribution in [0.15, 0.2) is 48.6 Å². The molecule has 0 spiro atoms. The second-order valence-electron chi connectivity index (χ2n) is 24.2. The molecular weight excluding hydrogens is 972 g/mol. The quantitative estimate of drug-likeness (QED) is 0.0243. The van der Waals surface area contributed by atoms with Crippen LogP contribution >= 0.6 is 7.82 Å². The van der Waals surface area contributed by atoms with Gasteiger partial charge in [-0.15, -0.1) is 0 Å². The summed E-state index contributed by atoms with van der Waals surface area (Å²) in [4.78, 5) is 23.4. The number of aliphatic hydroxyl groups is 1. The molecule has 0 aliphatic carbocycles. The number of nitrogens with one attached hydrogen (secondary N) is 1. The average molecular weight is 1100 g/mol. The van der Waals surface area contributed by atoms with Crippen molar-refractivity contribution < 1.29 is 32.9 Å². The number of carbonyl (C=O) groups excluding carboxylic acids is 1. The summed E-state index contributed by atoms with van der Waals surface area (Å²) in [6, 6.07) is -0.871. The predicted molar refractivity (Wildman–Crippen MR) is 337 cm³/mol. The lowest BCUT2D eigenvalue weighted by Crippen LogP contribution is -2.45. The first-order valence-corrected chi connectivity index (χ1v) is 35.0. The van der Waals surface area contributed by atoms with Gasteiger partial charge in [0.15, 0.2) is 0 Å². The number of unbranched alkanes of at least 4 members (excludes halogenated alkanes) is 43. The van der Waals surface area contributed by atoms with Gasteiger partial charge in [0.25, 0.3) is 0 Å². The van der Waals surface area contributed by atoms with E-state index in [9.17, 15) is 19.4 Å². The maximum absolute atomic E-state index is 13.0. The molecule has 0 bridgehead atoms. The van der Waals surface area contributed by atoms with Crippen molar-refractivity contribution in [2.24, 2.45) is 0 Å². The molecule has 454 valence electrons. The molecule has 0 saturated carbocycles. The summed E-state index contributed by atoms with van der Waals surface area (Å²) in [6.45, 7) is 4.83. The van der Waals surface area contributed by atoms with Crippen molar-refractivity contribution in [3.63, 3.8) is 0 Å². The van der Waals surface area contributed by atoms with E-state index < -0.39 is 20.0 Å². The highest BCUT2D eigenvalue weighted by atomic mass is 31.2. The van der Waals surface area contributed by atoms with Gasteiger partial charge in [-0.25, -0.2) is 4.57 Å². The van der Waals surface area contributed by atoms with Gasteiger partial charge in [-0.3, -0.25) is 13.8 Å². The van der Waals surface area contributed by atoms with Gasteiger partial charge in [-0.05, 0) is 70.6 Å². The molecule has 0 aromatic heterocycles. The van der Waals surface area contributed by atoms with Crippen LogP contribution in [0.4, 0.5) is 0 Å². The van der Waals surface area contributed by atoms with E-state index in [-0.39, 0.29) is 19.1 Å². The Balaban J connectivity index is 4.11. The van der Waals surface area contributed by atoms with Crippen LogP contribution < -0.4 is 5.32 Å². The summed E-state index contributed by atoms with van der Waals surface area (Å²) in [5, 5.41) is 14.0. The van der Waals surface area contributed by atoms with Crippen molar-refractivity contribution in [1.29, 1.82) is 0 Å². The van der Waals surface area contributed by atoms with Crippen LogP contribution in [0, 0.1) is 0 Å². The second-order valence-corrected chi connectivity index (χ2v) is 25.6. The smallest absolute Gasteiger partial charge is 0.387 e. The topological polar surface area (TPSA) is 105 Å². The van der Waals surface area contributed by atoms with E-state index in [1.54, 1.807) is 6.08 Å². The predicted octanol–water partition coefficient (Wildman–Crippen LogP) is 21.1. The first-order chi connectivity index (χ1) is 37.5. The zero-order valence-electron chi connectivity index (χ0n) is 52.0. The third-order valence-electron chi connectivity index (χ3n) is 15.2. The fraction of sp³-hybridized carbons (Fsp3) is 0.868. The largest absolute Gasteiger partial charge is 0.472 e. The van der Waals surface area contributed by atoms with Crippen molar-refractivity contribution in [3.8, 4) is 0 Å². The molecule has 3 unspecified atom stereocenters. The van der Waals surface area contributed by atoms with Crippen LogP contribution in [0.3, 0.4) is 0 Å². The van der Waals surface area contributed by atoms with Crippen LogP contribution in [-0.2, 0) is 18.4 Å². The molecule has 0 saturated heterocycles. The molecule has 1 amide bonds. The van der Waals surface area contributed by atoms with Crippen LogP contribution in [0.2, 0.25) is 0 Å². The highest BCUT2D eigenvalue weighted by Crippen LogP contribution is 2.43. The number of rotatable bonds is 62. The fourth-order valence-corrected chi connectivity index (χ4v) is 10.7. The number of aliphatic hydroxyl groups excluding tert-OH is 1. The summed E-state index contributed by atoms with van der Waals surface area (Å²) in [5.41, 5.74) is 0. The zero-order valence-corrected chi connectivity index (χ0v) is 52.9. The first kappa shape index (κ1) is 75.5. The Bertz CT molecular complexity index is 1390. The van der Waals surface area contributed by atoms with Gasteiger partial charge in [-0.1, -0.05) is 300 Å². The third kappa shape index (κ3) is 61.9. The SMILES string of the molecule is CCCCCCCCCCCCCC/C=C\CCCCCCCCCCCCCCCCCCC(=O)NC(COP(=O)(O)OCC[N+](C)(C)C)C(O)/C=C/CC/C=C/CC/C=C/CCCCCCCCCCCCCCC. The van der Waals surface area contributed by atoms with E-state index in [0.717, 1.165) is 44.9 Å². The molecule has 8 nitrogen and oxygen atoms in total. The molecular formula is C68H132N2O6P+. The van der Waals surface area contributed by atoms with Gasteiger partial charge in [-0.2, -0.15) is 0 Å². The zero-order chi connectivity index (χ0) is 56.3. The number of phosphoric ester groups is 1. The average Bonchev–Trinajstić information content (AvgIpc) is 3.39. The molecule has 0 heterocycles. The maximum atomic E-state index is 13.0. The molecule has 0 rings (SSSR count). The normalized spacial score (nSPS) is 14.0.